The predicted molar refractivity (Wildman–Crippen MR) is 109 cm³/mol. The van der Waals surface area contributed by atoms with Crippen molar-refractivity contribution >= 4 is 16.9 Å². The van der Waals surface area contributed by atoms with E-state index in [2.05, 4.69) is 26.8 Å². The van der Waals surface area contributed by atoms with Gasteiger partial charge in [0.1, 0.15) is 11.3 Å². The SMILES string of the molecule is Cc1c(-c2ccnc(N)n2)c2cc(C#CC(C)(C)O)ncc2n1CC(C)(C)O. The summed E-state index contributed by atoms with van der Waals surface area (Å²) in [5.74, 6) is 5.89. The molecule has 0 aliphatic carbocycles. The Labute approximate surface area is 164 Å². The fraction of sp³-hybridized carbons (Fsp3) is 0.381. The van der Waals surface area contributed by atoms with E-state index in [0.717, 1.165) is 22.2 Å². The molecule has 0 aliphatic rings. The number of hydrogen-bond acceptors (Lipinski definition) is 6. The van der Waals surface area contributed by atoms with Crippen molar-refractivity contribution in [3.63, 3.8) is 0 Å². The quantitative estimate of drug-likeness (QED) is 0.602. The highest BCUT2D eigenvalue weighted by Crippen LogP contribution is 2.34. The summed E-state index contributed by atoms with van der Waals surface area (Å²) >= 11 is 0. The van der Waals surface area contributed by atoms with Crippen LogP contribution in [-0.4, -0.2) is 40.9 Å². The molecule has 3 aromatic heterocycles. The Hall–Kier alpha value is -2.95. The second-order valence-electron chi connectivity index (χ2n) is 8.05. The van der Waals surface area contributed by atoms with Crippen LogP contribution in [0.3, 0.4) is 0 Å². The first-order valence-corrected chi connectivity index (χ1v) is 9.00. The summed E-state index contributed by atoms with van der Waals surface area (Å²) in [4.78, 5) is 12.8. The molecule has 0 amide bonds. The lowest BCUT2D eigenvalue weighted by atomic mass is 10.1. The average molecular weight is 379 g/mol. The number of fused-ring (bicyclic) bond motifs is 1. The summed E-state index contributed by atoms with van der Waals surface area (Å²) in [6.07, 6.45) is 3.35. The zero-order valence-electron chi connectivity index (χ0n) is 16.8. The van der Waals surface area contributed by atoms with Gasteiger partial charge in [0.05, 0.1) is 29.6 Å². The van der Waals surface area contributed by atoms with Crippen molar-refractivity contribution in [2.24, 2.45) is 0 Å². The third-order valence-corrected chi connectivity index (χ3v) is 4.18. The number of hydrogen-bond donors (Lipinski definition) is 3. The molecule has 7 nitrogen and oxygen atoms in total. The van der Waals surface area contributed by atoms with Gasteiger partial charge in [0.15, 0.2) is 0 Å². The molecule has 28 heavy (non-hydrogen) atoms. The van der Waals surface area contributed by atoms with Gasteiger partial charge in [0.25, 0.3) is 0 Å². The second kappa shape index (κ2) is 6.89. The minimum atomic E-state index is -1.11. The van der Waals surface area contributed by atoms with Crippen molar-refractivity contribution in [3.8, 4) is 23.1 Å². The van der Waals surface area contributed by atoms with Crippen LogP contribution in [0.4, 0.5) is 5.95 Å². The van der Waals surface area contributed by atoms with Gasteiger partial charge in [-0.15, -0.1) is 0 Å². The molecule has 0 fully saturated rings. The lowest BCUT2D eigenvalue weighted by molar-refractivity contribution is 0.0623. The van der Waals surface area contributed by atoms with E-state index >= 15 is 0 Å². The summed E-state index contributed by atoms with van der Waals surface area (Å²) in [6.45, 7) is 9.14. The maximum absolute atomic E-state index is 10.4. The van der Waals surface area contributed by atoms with Crippen LogP contribution in [0.5, 0.6) is 0 Å². The largest absolute Gasteiger partial charge is 0.389 e. The van der Waals surface area contributed by atoms with E-state index in [4.69, 9.17) is 5.73 Å². The highest BCUT2D eigenvalue weighted by atomic mass is 16.3. The van der Waals surface area contributed by atoms with Gasteiger partial charge in [-0.25, -0.2) is 15.0 Å². The molecule has 3 rings (SSSR count). The molecule has 0 atom stereocenters. The molecular formula is C21H25N5O2. The lowest BCUT2D eigenvalue weighted by Crippen LogP contribution is -2.26. The van der Waals surface area contributed by atoms with Crippen LogP contribution in [0.1, 0.15) is 39.1 Å². The molecule has 0 saturated heterocycles. The molecule has 0 radical (unpaired) electrons. The van der Waals surface area contributed by atoms with Gasteiger partial charge in [-0.2, -0.15) is 0 Å². The highest BCUT2D eigenvalue weighted by Gasteiger charge is 2.22. The van der Waals surface area contributed by atoms with Crippen LogP contribution in [-0.2, 0) is 6.54 Å². The average Bonchev–Trinajstić information content (AvgIpc) is 2.82. The Morgan fingerprint density at radius 2 is 1.89 bits per heavy atom. The molecule has 7 heteroatoms. The van der Waals surface area contributed by atoms with Crippen LogP contribution >= 0.6 is 0 Å². The maximum Gasteiger partial charge on any atom is 0.220 e. The fourth-order valence-electron chi connectivity index (χ4n) is 3.09. The van der Waals surface area contributed by atoms with Gasteiger partial charge < -0.3 is 20.5 Å². The van der Waals surface area contributed by atoms with E-state index < -0.39 is 11.2 Å². The molecular weight excluding hydrogens is 354 g/mol. The zero-order valence-corrected chi connectivity index (χ0v) is 16.8. The van der Waals surface area contributed by atoms with Gasteiger partial charge in [-0.1, -0.05) is 5.92 Å². The first-order chi connectivity index (χ1) is 12.9. The molecule has 0 unspecified atom stereocenters. The Morgan fingerprint density at radius 1 is 1.18 bits per heavy atom. The maximum atomic E-state index is 10.4. The zero-order chi connectivity index (χ0) is 20.7. The topological polar surface area (TPSA) is 110 Å². The van der Waals surface area contributed by atoms with Gasteiger partial charge in [-0.05, 0) is 52.7 Å². The first kappa shape index (κ1) is 19.8. The highest BCUT2D eigenvalue weighted by molar-refractivity contribution is 5.97. The van der Waals surface area contributed by atoms with E-state index in [-0.39, 0.29) is 5.95 Å². The minimum absolute atomic E-state index is 0.191. The number of nitrogen functional groups attached to an aromatic ring is 1. The Balaban J connectivity index is 2.28. The van der Waals surface area contributed by atoms with Crippen molar-refractivity contribution in [1.29, 1.82) is 0 Å². The standard InChI is InChI=1S/C21H25N5O2/c1-13-18(16-7-9-23-19(22)25-16)15-10-14(6-8-20(2,3)27)24-11-17(15)26(13)12-21(4,5)28/h7,9-11,27-28H,12H2,1-5H3,(H2,22,23,25). The molecule has 0 spiro atoms. The number of aromatic nitrogens is 4. The van der Waals surface area contributed by atoms with Crippen molar-refractivity contribution < 1.29 is 10.2 Å². The van der Waals surface area contributed by atoms with Crippen LogP contribution < -0.4 is 5.73 Å². The smallest absolute Gasteiger partial charge is 0.220 e. The summed E-state index contributed by atoms with van der Waals surface area (Å²) < 4.78 is 2.02. The van der Waals surface area contributed by atoms with E-state index in [1.807, 2.05) is 17.6 Å². The van der Waals surface area contributed by atoms with Crippen LogP contribution in [0.2, 0.25) is 0 Å². The number of aliphatic hydroxyl groups is 2. The molecule has 146 valence electrons. The molecule has 4 N–H and O–H groups in total. The van der Waals surface area contributed by atoms with E-state index in [9.17, 15) is 10.2 Å². The van der Waals surface area contributed by atoms with Crippen molar-refractivity contribution in [3.05, 3.63) is 35.9 Å². The Bertz CT molecular complexity index is 1090. The number of rotatable bonds is 3. The number of pyridine rings is 1. The van der Waals surface area contributed by atoms with Crippen molar-refractivity contribution in [2.75, 3.05) is 5.73 Å². The van der Waals surface area contributed by atoms with Crippen molar-refractivity contribution in [1.82, 2.24) is 19.5 Å². The van der Waals surface area contributed by atoms with Crippen LogP contribution in [0.25, 0.3) is 22.2 Å². The number of anilines is 1. The van der Waals surface area contributed by atoms with E-state index in [1.165, 1.54) is 0 Å². The third kappa shape index (κ3) is 4.30. The van der Waals surface area contributed by atoms with Gasteiger partial charge in [0.2, 0.25) is 5.95 Å². The molecule has 3 aromatic rings. The second-order valence-corrected chi connectivity index (χ2v) is 8.05. The third-order valence-electron chi connectivity index (χ3n) is 4.18. The van der Waals surface area contributed by atoms with Crippen molar-refractivity contribution in [2.45, 2.75) is 52.4 Å². The Morgan fingerprint density at radius 3 is 2.50 bits per heavy atom. The van der Waals surface area contributed by atoms with Gasteiger partial charge in [0, 0.05) is 22.8 Å². The molecule has 0 aromatic carbocycles. The number of nitrogens with two attached hydrogens (primary N) is 1. The predicted octanol–water partition coefficient (Wildman–Crippen LogP) is 2.28. The summed E-state index contributed by atoms with van der Waals surface area (Å²) in [6, 6.07) is 3.67. The molecule has 0 bridgehead atoms. The summed E-state index contributed by atoms with van der Waals surface area (Å²) in [5, 5.41) is 21.1. The van der Waals surface area contributed by atoms with Gasteiger partial charge in [-0.3, -0.25) is 0 Å². The molecule has 3 heterocycles. The Kier molecular flexibility index (Phi) is 4.88. The summed E-state index contributed by atoms with van der Waals surface area (Å²) in [7, 11) is 0. The first-order valence-electron chi connectivity index (χ1n) is 9.00. The minimum Gasteiger partial charge on any atom is -0.389 e. The van der Waals surface area contributed by atoms with Crippen LogP contribution in [0, 0.1) is 18.8 Å². The van der Waals surface area contributed by atoms with Gasteiger partial charge >= 0.3 is 0 Å². The normalized spacial score (nSPS) is 12.1. The van der Waals surface area contributed by atoms with E-state index in [1.54, 1.807) is 46.2 Å². The van der Waals surface area contributed by atoms with Crippen LogP contribution in [0.15, 0.2) is 24.5 Å². The van der Waals surface area contributed by atoms with E-state index in [0.29, 0.717) is 17.9 Å². The monoisotopic (exact) mass is 379 g/mol. The molecule has 0 aliphatic heterocycles. The lowest BCUT2D eigenvalue weighted by Gasteiger charge is -2.20. The fourth-order valence-corrected chi connectivity index (χ4v) is 3.09. The molecule has 0 saturated carbocycles. The number of nitrogens with zero attached hydrogens (tertiary/aromatic N) is 4. The summed E-state index contributed by atoms with van der Waals surface area (Å²) in [5.41, 5.74) is 7.70.